The van der Waals surface area contributed by atoms with Crippen LogP contribution in [0.15, 0.2) is 29.4 Å². The van der Waals surface area contributed by atoms with Crippen LogP contribution in [0.2, 0.25) is 0 Å². The van der Waals surface area contributed by atoms with E-state index in [1.54, 1.807) is 12.1 Å². The highest BCUT2D eigenvalue weighted by Gasteiger charge is 1.90. The van der Waals surface area contributed by atoms with Gasteiger partial charge in [0.1, 0.15) is 0 Å². The van der Waals surface area contributed by atoms with Gasteiger partial charge in [0.05, 0.1) is 17.3 Å². The molecule has 13 heavy (non-hydrogen) atoms. The minimum Gasteiger partial charge on any atom is -0.279 e. The minimum absolute atomic E-state index is 0.655. The maximum absolute atomic E-state index is 8.55. The van der Waals surface area contributed by atoms with Crippen molar-refractivity contribution < 1.29 is 0 Å². The molecule has 0 amide bonds. The Morgan fingerprint density at radius 2 is 1.92 bits per heavy atom. The van der Waals surface area contributed by atoms with Gasteiger partial charge in [0.2, 0.25) is 0 Å². The summed E-state index contributed by atoms with van der Waals surface area (Å²) in [5.41, 5.74) is 5.38. The van der Waals surface area contributed by atoms with Crippen LogP contribution < -0.4 is 5.43 Å². The van der Waals surface area contributed by atoms with Crippen LogP contribution in [0.5, 0.6) is 0 Å². The summed E-state index contributed by atoms with van der Waals surface area (Å²) in [6, 6.07) is 9.21. The van der Waals surface area contributed by atoms with Crippen LogP contribution in [0.3, 0.4) is 0 Å². The first kappa shape index (κ1) is 9.27. The average molecular weight is 173 g/mol. The maximum atomic E-state index is 8.55. The van der Waals surface area contributed by atoms with Gasteiger partial charge in [-0.3, -0.25) is 5.43 Å². The van der Waals surface area contributed by atoms with Gasteiger partial charge in [-0.15, -0.1) is 0 Å². The van der Waals surface area contributed by atoms with Crippen LogP contribution in [-0.4, -0.2) is 5.71 Å². The smallest absolute Gasteiger partial charge is 0.0991 e. The summed E-state index contributed by atoms with van der Waals surface area (Å²) in [7, 11) is 0. The lowest BCUT2D eigenvalue weighted by Gasteiger charge is -1.99. The van der Waals surface area contributed by atoms with Crippen LogP contribution in [0.1, 0.15) is 19.4 Å². The summed E-state index contributed by atoms with van der Waals surface area (Å²) in [5, 5.41) is 12.6. The number of hydrogen-bond donors (Lipinski definition) is 1. The molecule has 1 aromatic carbocycles. The zero-order valence-corrected chi connectivity index (χ0v) is 7.70. The number of benzene rings is 1. The van der Waals surface area contributed by atoms with E-state index >= 15 is 0 Å². The van der Waals surface area contributed by atoms with E-state index in [-0.39, 0.29) is 0 Å². The first-order chi connectivity index (χ1) is 6.22. The molecule has 1 N–H and O–H groups in total. The van der Waals surface area contributed by atoms with Crippen LogP contribution in [0.25, 0.3) is 0 Å². The number of hydrazone groups is 1. The molecule has 3 nitrogen and oxygen atoms in total. The Kier molecular flexibility index (Phi) is 3.04. The zero-order chi connectivity index (χ0) is 9.68. The van der Waals surface area contributed by atoms with Crippen LogP contribution in [-0.2, 0) is 0 Å². The van der Waals surface area contributed by atoms with Gasteiger partial charge < -0.3 is 0 Å². The molecule has 1 rings (SSSR count). The molecule has 0 aliphatic rings. The molecular formula is C10H11N3. The van der Waals surface area contributed by atoms with Gasteiger partial charge in [0, 0.05) is 5.71 Å². The normalized spacial score (nSPS) is 8.69. The second-order valence-corrected chi connectivity index (χ2v) is 2.86. The monoisotopic (exact) mass is 173 g/mol. The molecular weight excluding hydrogens is 162 g/mol. The van der Waals surface area contributed by atoms with Crippen molar-refractivity contribution in [2.24, 2.45) is 5.10 Å². The fraction of sp³-hybridized carbons (Fsp3) is 0.200. The van der Waals surface area contributed by atoms with Crippen molar-refractivity contribution in [3.05, 3.63) is 29.8 Å². The quantitative estimate of drug-likeness (QED) is 0.551. The number of anilines is 1. The highest BCUT2D eigenvalue weighted by atomic mass is 15.3. The molecule has 0 fully saturated rings. The van der Waals surface area contributed by atoms with Crippen molar-refractivity contribution in [1.29, 1.82) is 5.26 Å². The predicted molar refractivity (Wildman–Crippen MR) is 53.6 cm³/mol. The number of nitrogens with one attached hydrogen (secondary N) is 1. The minimum atomic E-state index is 0.655. The van der Waals surface area contributed by atoms with Gasteiger partial charge in [-0.2, -0.15) is 10.4 Å². The lowest BCUT2D eigenvalue weighted by Crippen LogP contribution is -1.92. The summed E-state index contributed by atoms with van der Waals surface area (Å²) < 4.78 is 0. The van der Waals surface area contributed by atoms with Gasteiger partial charge in [0.25, 0.3) is 0 Å². The highest BCUT2D eigenvalue weighted by Crippen LogP contribution is 2.08. The van der Waals surface area contributed by atoms with Crippen LogP contribution in [0.4, 0.5) is 5.69 Å². The summed E-state index contributed by atoms with van der Waals surface area (Å²) >= 11 is 0. The molecule has 0 saturated heterocycles. The molecule has 0 saturated carbocycles. The van der Waals surface area contributed by atoms with Crippen LogP contribution >= 0.6 is 0 Å². The number of nitriles is 1. The lowest BCUT2D eigenvalue weighted by molar-refractivity contribution is 1.31. The van der Waals surface area contributed by atoms with Gasteiger partial charge in [-0.25, -0.2) is 0 Å². The first-order valence-corrected chi connectivity index (χ1v) is 3.99. The van der Waals surface area contributed by atoms with Gasteiger partial charge in [-0.05, 0) is 38.1 Å². The largest absolute Gasteiger partial charge is 0.279 e. The molecule has 0 atom stereocenters. The second-order valence-electron chi connectivity index (χ2n) is 2.86. The van der Waals surface area contributed by atoms with E-state index < -0.39 is 0 Å². The topological polar surface area (TPSA) is 48.2 Å². The Hall–Kier alpha value is -1.82. The molecule has 0 spiro atoms. The van der Waals surface area contributed by atoms with E-state index in [0.29, 0.717) is 5.56 Å². The average Bonchev–Trinajstić information content (AvgIpc) is 2.15. The molecule has 66 valence electrons. The molecule has 0 aliphatic heterocycles. The molecule has 0 radical (unpaired) electrons. The SMILES string of the molecule is CC(C)=NNc1ccc(C#N)cc1. The zero-order valence-electron chi connectivity index (χ0n) is 7.70. The van der Waals surface area contributed by atoms with Crippen molar-refractivity contribution in [1.82, 2.24) is 0 Å². The van der Waals surface area contributed by atoms with E-state index in [9.17, 15) is 0 Å². The fourth-order valence-corrected chi connectivity index (χ4v) is 0.796. The summed E-state index contributed by atoms with van der Waals surface area (Å²) in [6.45, 7) is 3.83. The molecule has 0 aliphatic carbocycles. The lowest BCUT2D eigenvalue weighted by atomic mass is 10.2. The van der Waals surface area contributed by atoms with Gasteiger partial charge >= 0.3 is 0 Å². The Morgan fingerprint density at radius 1 is 1.31 bits per heavy atom. The van der Waals surface area contributed by atoms with E-state index in [1.807, 2.05) is 26.0 Å². The first-order valence-electron chi connectivity index (χ1n) is 3.99. The van der Waals surface area contributed by atoms with Crippen molar-refractivity contribution in [2.75, 3.05) is 5.43 Å². The van der Waals surface area contributed by atoms with Crippen molar-refractivity contribution in [3.8, 4) is 6.07 Å². The Bertz CT molecular complexity index is 339. The second kappa shape index (κ2) is 4.27. The number of hydrogen-bond acceptors (Lipinski definition) is 3. The molecule has 1 aromatic rings. The molecule has 0 bridgehead atoms. The molecule has 0 unspecified atom stereocenters. The van der Waals surface area contributed by atoms with Crippen molar-refractivity contribution >= 4 is 11.4 Å². The summed E-state index contributed by atoms with van der Waals surface area (Å²) in [6.07, 6.45) is 0. The molecule has 0 heterocycles. The molecule has 0 aromatic heterocycles. The van der Waals surface area contributed by atoms with E-state index in [2.05, 4.69) is 16.6 Å². The number of nitrogens with zero attached hydrogens (tertiary/aromatic N) is 2. The van der Waals surface area contributed by atoms with E-state index in [0.717, 1.165) is 11.4 Å². The predicted octanol–water partition coefficient (Wildman–Crippen LogP) is 2.37. The van der Waals surface area contributed by atoms with Crippen molar-refractivity contribution in [2.45, 2.75) is 13.8 Å². The van der Waals surface area contributed by atoms with E-state index in [1.165, 1.54) is 0 Å². The summed E-state index contributed by atoms with van der Waals surface area (Å²) in [5.74, 6) is 0. The third-order valence-corrected chi connectivity index (χ3v) is 1.42. The summed E-state index contributed by atoms with van der Waals surface area (Å²) in [4.78, 5) is 0. The Balaban J connectivity index is 2.71. The third kappa shape index (κ3) is 2.96. The third-order valence-electron chi connectivity index (χ3n) is 1.42. The van der Waals surface area contributed by atoms with Gasteiger partial charge in [0.15, 0.2) is 0 Å². The Labute approximate surface area is 77.7 Å². The Morgan fingerprint density at radius 3 is 2.38 bits per heavy atom. The van der Waals surface area contributed by atoms with Crippen molar-refractivity contribution in [3.63, 3.8) is 0 Å². The standard InChI is InChI=1S/C10H11N3/c1-8(2)12-13-10-5-3-9(7-11)4-6-10/h3-6,13H,1-2H3. The van der Waals surface area contributed by atoms with Gasteiger partial charge in [-0.1, -0.05) is 0 Å². The molecule has 3 heteroatoms. The number of rotatable bonds is 2. The maximum Gasteiger partial charge on any atom is 0.0991 e. The fourth-order valence-electron chi connectivity index (χ4n) is 0.796. The van der Waals surface area contributed by atoms with E-state index in [4.69, 9.17) is 5.26 Å². The highest BCUT2D eigenvalue weighted by molar-refractivity contribution is 5.79. The van der Waals surface area contributed by atoms with Crippen LogP contribution in [0, 0.1) is 11.3 Å².